The molecule has 0 bridgehead atoms. The second-order valence-electron chi connectivity index (χ2n) is 4.20. The summed E-state index contributed by atoms with van der Waals surface area (Å²) in [6.07, 6.45) is 0. The molecule has 6 heteroatoms. The summed E-state index contributed by atoms with van der Waals surface area (Å²) in [5.74, 6) is 0.0294. The van der Waals surface area contributed by atoms with Gasteiger partial charge in [0, 0.05) is 25.8 Å². The molecule has 0 saturated heterocycles. The number of oxazole rings is 1. The van der Waals surface area contributed by atoms with Crippen molar-refractivity contribution in [3.8, 4) is 0 Å². The third kappa shape index (κ3) is 2.59. The van der Waals surface area contributed by atoms with Gasteiger partial charge in [0.25, 0.3) is 5.22 Å². The zero-order chi connectivity index (χ0) is 13.3. The molecule has 1 amide bonds. The molecule has 0 aliphatic heterocycles. The van der Waals surface area contributed by atoms with E-state index in [1.807, 2.05) is 6.92 Å². The number of nitrogens with two attached hydrogens (primary N) is 1. The van der Waals surface area contributed by atoms with Gasteiger partial charge in [-0.1, -0.05) is 11.8 Å². The average Bonchev–Trinajstić information content (AvgIpc) is 2.68. The molecule has 2 N–H and O–H groups in total. The van der Waals surface area contributed by atoms with Crippen molar-refractivity contribution in [2.75, 3.05) is 19.8 Å². The normalized spacial score (nSPS) is 12.6. The van der Waals surface area contributed by atoms with Crippen LogP contribution >= 0.6 is 11.8 Å². The summed E-state index contributed by atoms with van der Waals surface area (Å²) in [5, 5.41) is 0.253. The maximum atomic E-state index is 11.7. The summed E-state index contributed by atoms with van der Waals surface area (Å²) in [6, 6.07) is 5.30. The van der Waals surface area contributed by atoms with Gasteiger partial charge in [-0.25, -0.2) is 4.98 Å². The molecule has 1 aromatic carbocycles. The number of amides is 1. The molecular formula is C12H15N3O2S. The van der Waals surface area contributed by atoms with E-state index in [1.165, 1.54) is 11.8 Å². The number of aromatic nitrogens is 1. The third-order valence-electron chi connectivity index (χ3n) is 2.46. The Morgan fingerprint density at radius 1 is 1.50 bits per heavy atom. The quantitative estimate of drug-likeness (QED) is 0.678. The van der Waals surface area contributed by atoms with E-state index in [4.69, 9.17) is 10.2 Å². The third-order valence-corrected chi connectivity index (χ3v) is 3.39. The fraction of sp³-hybridized carbons (Fsp3) is 0.333. The standard InChI is InChI=1S/C12H15N3O2S/c1-7(11(16)15(2)3)18-12-14-9-5-4-8(13)6-10(9)17-12/h4-7H,13H2,1-3H3. The lowest BCUT2D eigenvalue weighted by molar-refractivity contribution is -0.127. The van der Waals surface area contributed by atoms with Gasteiger partial charge >= 0.3 is 0 Å². The minimum Gasteiger partial charge on any atom is -0.431 e. The molecule has 0 aliphatic carbocycles. The van der Waals surface area contributed by atoms with Crippen LogP contribution in [0.15, 0.2) is 27.8 Å². The number of anilines is 1. The average molecular weight is 265 g/mol. The Balaban J connectivity index is 2.19. The van der Waals surface area contributed by atoms with E-state index in [9.17, 15) is 4.79 Å². The molecule has 5 nitrogen and oxygen atoms in total. The first kappa shape index (κ1) is 12.8. The zero-order valence-corrected chi connectivity index (χ0v) is 11.3. The molecule has 96 valence electrons. The molecule has 0 aliphatic rings. The van der Waals surface area contributed by atoms with Crippen LogP contribution in [0.3, 0.4) is 0 Å². The van der Waals surface area contributed by atoms with Crippen molar-refractivity contribution in [1.82, 2.24) is 9.88 Å². The fourth-order valence-corrected chi connectivity index (χ4v) is 2.44. The smallest absolute Gasteiger partial charge is 0.257 e. The monoisotopic (exact) mass is 265 g/mol. The van der Waals surface area contributed by atoms with Crippen LogP contribution in [-0.4, -0.2) is 35.1 Å². The molecule has 1 heterocycles. The maximum Gasteiger partial charge on any atom is 0.257 e. The summed E-state index contributed by atoms with van der Waals surface area (Å²) in [6.45, 7) is 1.83. The van der Waals surface area contributed by atoms with Crippen molar-refractivity contribution >= 4 is 34.5 Å². The number of carbonyl (C=O) groups is 1. The van der Waals surface area contributed by atoms with E-state index in [2.05, 4.69) is 4.98 Å². The van der Waals surface area contributed by atoms with Gasteiger partial charge in [-0.15, -0.1) is 0 Å². The Bertz CT molecular complexity index is 580. The van der Waals surface area contributed by atoms with Gasteiger partial charge in [-0.05, 0) is 19.1 Å². The predicted molar refractivity (Wildman–Crippen MR) is 72.4 cm³/mol. The van der Waals surface area contributed by atoms with Gasteiger partial charge in [-0.3, -0.25) is 4.79 Å². The number of benzene rings is 1. The number of hydrogen-bond acceptors (Lipinski definition) is 5. The first-order chi connectivity index (χ1) is 8.47. The van der Waals surface area contributed by atoms with Crippen LogP contribution in [0.5, 0.6) is 0 Å². The van der Waals surface area contributed by atoms with Gasteiger partial charge in [-0.2, -0.15) is 0 Å². The van der Waals surface area contributed by atoms with E-state index in [1.54, 1.807) is 37.2 Å². The van der Waals surface area contributed by atoms with Crippen LogP contribution in [0.2, 0.25) is 0 Å². The van der Waals surface area contributed by atoms with E-state index in [0.717, 1.165) is 5.52 Å². The zero-order valence-electron chi connectivity index (χ0n) is 10.5. The summed E-state index contributed by atoms with van der Waals surface area (Å²) >= 11 is 1.30. The highest BCUT2D eigenvalue weighted by Crippen LogP contribution is 2.28. The van der Waals surface area contributed by atoms with Gasteiger partial charge in [0.05, 0.1) is 5.25 Å². The Hall–Kier alpha value is -1.69. The summed E-state index contributed by atoms with van der Waals surface area (Å²) in [4.78, 5) is 17.6. The SMILES string of the molecule is CC(Sc1nc2ccc(N)cc2o1)C(=O)N(C)C. The highest BCUT2D eigenvalue weighted by molar-refractivity contribution is 8.00. The number of fused-ring (bicyclic) bond motifs is 1. The Labute approximate surface area is 109 Å². The van der Waals surface area contributed by atoms with Crippen molar-refractivity contribution < 1.29 is 9.21 Å². The second-order valence-corrected chi connectivity index (χ2v) is 5.49. The highest BCUT2D eigenvalue weighted by Gasteiger charge is 2.19. The first-order valence-corrected chi connectivity index (χ1v) is 6.39. The summed E-state index contributed by atoms with van der Waals surface area (Å²) in [5.41, 5.74) is 7.69. The van der Waals surface area contributed by atoms with Crippen LogP contribution in [0.1, 0.15) is 6.92 Å². The fourth-order valence-electron chi connectivity index (χ4n) is 1.54. The Morgan fingerprint density at radius 3 is 2.89 bits per heavy atom. The number of nitrogens with zero attached hydrogens (tertiary/aromatic N) is 2. The van der Waals surface area contributed by atoms with Crippen molar-refractivity contribution in [3.05, 3.63) is 18.2 Å². The van der Waals surface area contributed by atoms with Crippen LogP contribution < -0.4 is 5.73 Å². The van der Waals surface area contributed by atoms with Crippen molar-refractivity contribution in [1.29, 1.82) is 0 Å². The topological polar surface area (TPSA) is 72.4 Å². The minimum atomic E-state index is -0.231. The largest absolute Gasteiger partial charge is 0.431 e. The number of carbonyl (C=O) groups excluding carboxylic acids is 1. The predicted octanol–water partition coefficient (Wildman–Crippen LogP) is 1.98. The molecule has 0 fully saturated rings. The lowest BCUT2D eigenvalue weighted by atomic mass is 10.3. The summed E-state index contributed by atoms with van der Waals surface area (Å²) in [7, 11) is 3.46. The molecule has 1 atom stereocenters. The molecule has 1 aromatic heterocycles. The van der Waals surface area contributed by atoms with Gasteiger partial charge < -0.3 is 15.1 Å². The van der Waals surface area contributed by atoms with Crippen molar-refractivity contribution in [2.45, 2.75) is 17.4 Å². The van der Waals surface area contributed by atoms with Gasteiger partial charge in [0.1, 0.15) is 5.52 Å². The van der Waals surface area contributed by atoms with Crippen molar-refractivity contribution in [2.24, 2.45) is 0 Å². The Morgan fingerprint density at radius 2 is 2.22 bits per heavy atom. The summed E-state index contributed by atoms with van der Waals surface area (Å²) < 4.78 is 5.55. The number of hydrogen-bond donors (Lipinski definition) is 1. The maximum absolute atomic E-state index is 11.7. The molecule has 2 aromatic rings. The number of rotatable bonds is 3. The highest BCUT2D eigenvalue weighted by atomic mass is 32.2. The van der Waals surface area contributed by atoms with E-state index in [0.29, 0.717) is 16.5 Å². The van der Waals surface area contributed by atoms with E-state index in [-0.39, 0.29) is 11.2 Å². The molecule has 0 saturated carbocycles. The lowest BCUT2D eigenvalue weighted by Gasteiger charge is -2.14. The number of thioether (sulfide) groups is 1. The molecular weight excluding hydrogens is 250 g/mol. The van der Waals surface area contributed by atoms with Gasteiger partial charge in [0.15, 0.2) is 5.58 Å². The first-order valence-electron chi connectivity index (χ1n) is 5.51. The molecule has 0 spiro atoms. The van der Waals surface area contributed by atoms with E-state index < -0.39 is 0 Å². The number of nitrogen functional groups attached to an aromatic ring is 1. The van der Waals surface area contributed by atoms with Gasteiger partial charge in [0.2, 0.25) is 5.91 Å². The van der Waals surface area contributed by atoms with Crippen LogP contribution in [0.4, 0.5) is 5.69 Å². The molecule has 2 rings (SSSR count). The molecule has 1 unspecified atom stereocenters. The minimum absolute atomic E-state index is 0.0294. The van der Waals surface area contributed by atoms with Crippen molar-refractivity contribution in [3.63, 3.8) is 0 Å². The van der Waals surface area contributed by atoms with E-state index >= 15 is 0 Å². The lowest BCUT2D eigenvalue weighted by Crippen LogP contribution is -2.29. The van der Waals surface area contributed by atoms with Crippen LogP contribution in [0, 0.1) is 0 Å². The Kier molecular flexibility index (Phi) is 3.47. The second kappa shape index (κ2) is 4.89. The van der Waals surface area contributed by atoms with Crippen LogP contribution in [0.25, 0.3) is 11.1 Å². The van der Waals surface area contributed by atoms with Crippen LogP contribution in [-0.2, 0) is 4.79 Å². The molecule has 0 radical (unpaired) electrons. The molecule has 18 heavy (non-hydrogen) atoms.